The van der Waals surface area contributed by atoms with Crippen LogP contribution in [-0.4, -0.2) is 56.8 Å². The van der Waals surface area contributed by atoms with E-state index in [4.69, 9.17) is 18.9 Å². The lowest BCUT2D eigenvalue weighted by Gasteiger charge is -2.17. The Morgan fingerprint density at radius 3 is 2.62 bits per heavy atom. The summed E-state index contributed by atoms with van der Waals surface area (Å²) in [5, 5.41) is 6.83. The fourth-order valence-corrected chi connectivity index (χ4v) is 3.45. The minimum absolute atomic E-state index is 0. The number of hydrogen-bond donors (Lipinski definition) is 2. The summed E-state index contributed by atoms with van der Waals surface area (Å²) < 4.78 is 17.0. The first-order valence-corrected chi connectivity index (χ1v) is 11.5. The SMILES string of the molecule is CCN(CC)CCCCN=C(NCCc1ccco1)Nc1ccc2c(c1)OCCCO2.I. The van der Waals surface area contributed by atoms with E-state index in [1.165, 1.54) is 0 Å². The third kappa shape index (κ3) is 8.90. The van der Waals surface area contributed by atoms with Gasteiger partial charge in [0.25, 0.3) is 0 Å². The van der Waals surface area contributed by atoms with Gasteiger partial charge in [0.15, 0.2) is 17.5 Å². The highest BCUT2D eigenvalue weighted by atomic mass is 127. The van der Waals surface area contributed by atoms with E-state index in [0.717, 1.165) is 87.3 Å². The Morgan fingerprint density at radius 2 is 1.88 bits per heavy atom. The van der Waals surface area contributed by atoms with Crippen molar-refractivity contribution >= 4 is 35.6 Å². The molecule has 0 saturated carbocycles. The molecular formula is C24H37IN4O3. The summed E-state index contributed by atoms with van der Waals surface area (Å²) in [6, 6.07) is 9.83. The van der Waals surface area contributed by atoms with Gasteiger partial charge >= 0.3 is 0 Å². The molecule has 2 heterocycles. The lowest BCUT2D eigenvalue weighted by atomic mass is 10.2. The summed E-state index contributed by atoms with van der Waals surface area (Å²) in [5.41, 5.74) is 0.927. The van der Waals surface area contributed by atoms with Crippen LogP contribution in [0.4, 0.5) is 5.69 Å². The van der Waals surface area contributed by atoms with Gasteiger partial charge in [0, 0.05) is 37.7 Å². The van der Waals surface area contributed by atoms with Gasteiger partial charge < -0.3 is 29.4 Å². The number of aliphatic imine (C=N–C) groups is 1. The van der Waals surface area contributed by atoms with Crippen LogP contribution in [0.25, 0.3) is 0 Å². The van der Waals surface area contributed by atoms with Crippen molar-refractivity contribution in [2.75, 3.05) is 51.3 Å². The van der Waals surface area contributed by atoms with Crippen molar-refractivity contribution in [2.24, 2.45) is 4.99 Å². The number of anilines is 1. The van der Waals surface area contributed by atoms with Crippen LogP contribution in [0, 0.1) is 0 Å². The Hall–Kier alpha value is -1.94. The molecule has 1 aromatic carbocycles. The zero-order chi connectivity index (χ0) is 21.7. The minimum atomic E-state index is 0. The summed E-state index contributed by atoms with van der Waals surface area (Å²) in [6.07, 6.45) is 5.61. The van der Waals surface area contributed by atoms with E-state index in [9.17, 15) is 0 Å². The summed E-state index contributed by atoms with van der Waals surface area (Å²) >= 11 is 0. The molecule has 2 N–H and O–H groups in total. The lowest BCUT2D eigenvalue weighted by molar-refractivity contribution is 0.297. The van der Waals surface area contributed by atoms with Crippen LogP contribution in [0.3, 0.4) is 0 Å². The third-order valence-corrected chi connectivity index (χ3v) is 5.30. The molecule has 2 aromatic rings. The Morgan fingerprint density at radius 1 is 1.06 bits per heavy atom. The van der Waals surface area contributed by atoms with Crippen molar-refractivity contribution in [3.8, 4) is 11.5 Å². The third-order valence-electron chi connectivity index (χ3n) is 5.30. The summed E-state index contributed by atoms with van der Waals surface area (Å²) in [6.45, 7) is 10.6. The smallest absolute Gasteiger partial charge is 0.195 e. The van der Waals surface area contributed by atoms with Gasteiger partial charge in [-0.15, -0.1) is 24.0 Å². The number of furan rings is 1. The van der Waals surface area contributed by atoms with E-state index < -0.39 is 0 Å². The number of halogens is 1. The Balaban J connectivity index is 0.00000363. The first-order chi connectivity index (χ1) is 15.3. The summed E-state index contributed by atoms with van der Waals surface area (Å²) in [7, 11) is 0. The van der Waals surface area contributed by atoms with E-state index in [1.54, 1.807) is 6.26 Å². The molecule has 0 aliphatic carbocycles. The predicted molar refractivity (Wildman–Crippen MR) is 141 cm³/mol. The van der Waals surface area contributed by atoms with Gasteiger partial charge in [-0.05, 0) is 56.7 Å². The zero-order valence-electron chi connectivity index (χ0n) is 19.3. The summed E-state index contributed by atoms with van der Waals surface area (Å²) in [5.74, 6) is 3.30. The van der Waals surface area contributed by atoms with Gasteiger partial charge in [-0.1, -0.05) is 13.8 Å². The molecule has 0 fully saturated rings. The number of benzene rings is 1. The maximum atomic E-state index is 5.82. The average Bonchev–Trinajstić information content (AvgIpc) is 3.19. The molecule has 178 valence electrons. The highest BCUT2D eigenvalue weighted by Crippen LogP contribution is 2.32. The number of fused-ring (bicyclic) bond motifs is 1. The van der Waals surface area contributed by atoms with Crippen LogP contribution in [0.1, 0.15) is 38.9 Å². The summed E-state index contributed by atoms with van der Waals surface area (Å²) in [4.78, 5) is 7.24. The molecule has 8 heteroatoms. The van der Waals surface area contributed by atoms with Crippen molar-refractivity contribution in [1.29, 1.82) is 0 Å². The van der Waals surface area contributed by atoms with E-state index in [2.05, 4.69) is 29.4 Å². The lowest BCUT2D eigenvalue weighted by Crippen LogP contribution is -2.32. The molecule has 0 unspecified atom stereocenters. The number of unbranched alkanes of at least 4 members (excludes halogenated alkanes) is 1. The van der Waals surface area contributed by atoms with Crippen LogP contribution in [0.15, 0.2) is 46.0 Å². The van der Waals surface area contributed by atoms with Gasteiger partial charge in [-0.3, -0.25) is 4.99 Å². The molecule has 0 atom stereocenters. The monoisotopic (exact) mass is 556 g/mol. The van der Waals surface area contributed by atoms with Gasteiger partial charge in [-0.2, -0.15) is 0 Å². The van der Waals surface area contributed by atoms with Crippen molar-refractivity contribution < 1.29 is 13.9 Å². The molecular weight excluding hydrogens is 519 g/mol. The number of rotatable bonds is 11. The second-order valence-corrected chi connectivity index (χ2v) is 7.56. The van der Waals surface area contributed by atoms with E-state index in [1.807, 2.05) is 30.3 Å². The fraction of sp³-hybridized carbons (Fsp3) is 0.542. The molecule has 32 heavy (non-hydrogen) atoms. The number of nitrogens with zero attached hydrogens (tertiary/aromatic N) is 2. The van der Waals surface area contributed by atoms with Crippen LogP contribution < -0.4 is 20.1 Å². The van der Waals surface area contributed by atoms with E-state index in [-0.39, 0.29) is 24.0 Å². The van der Waals surface area contributed by atoms with Gasteiger partial charge in [0.2, 0.25) is 0 Å². The van der Waals surface area contributed by atoms with E-state index >= 15 is 0 Å². The first kappa shape index (κ1) is 26.3. The van der Waals surface area contributed by atoms with Crippen molar-refractivity contribution in [2.45, 2.75) is 39.5 Å². The molecule has 1 aliphatic heterocycles. The number of guanidine groups is 1. The second-order valence-electron chi connectivity index (χ2n) is 7.56. The Bertz CT molecular complexity index is 795. The number of ether oxygens (including phenoxy) is 2. The molecule has 0 amide bonds. The molecule has 1 aliphatic rings. The first-order valence-electron chi connectivity index (χ1n) is 11.5. The average molecular weight is 556 g/mol. The molecule has 0 spiro atoms. The van der Waals surface area contributed by atoms with Crippen molar-refractivity contribution in [1.82, 2.24) is 10.2 Å². The Labute approximate surface area is 209 Å². The number of nitrogens with one attached hydrogen (secondary N) is 2. The predicted octanol–water partition coefficient (Wildman–Crippen LogP) is 4.78. The quantitative estimate of drug-likeness (QED) is 0.180. The topological polar surface area (TPSA) is 71.3 Å². The maximum absolute atomic E-state index is 5.82. The standard InChI is InChI=1S/C24H36N4O3.HI/c1-3-28(4-2)15-6-5-13-25-24(26-14-12-21-9-7-16-29-21)27-20-10-11-22-23(19-20)31-18-8-17-30-22;/h7,9-11,16,19H,3-6,8,12-15,17-18H2,1-2H3,(H2,25,26,27);1H. The number of hydrogen-bond acceptors (Lipinski definition) is 5. The van der Waals surface area contributed by atoms with Gasteiger partial charge in [-0.25, -0.2) is 0 Å². The zero-order valence-corrected chi connectivity index (χ0v) is 21.6. The van der Waals surface area contributed by atoms with Crippen LogP contribution in [0.5, 0.6) is 11.5 Å². The molecule has 7 nitrogen and oxygen atoms in total. The molecule has 0 saturated heterocycles. The minimum Gasteiger partial charge on any atom is -0.490 e. The normalized spacial score (nSPS) is 13.4. The largest absolute Gasteiger partial charge is 0.490 e. The second kappa shape index (κ2) is 15.0. The van der Waals surface area contributed by atoms with Crippen LogP contribution >= 0.6 is 24.0 Å². The van der Waals surface area contributed by atoms with Crippen LogP contribution in [-0.2, 0) is 6.42 Å². The molecule has 0 radical (unpaired) electrons. The Kier molecular flexibility index (Phi) is 12.3. The molecule has 1 aromatic heterocycles. The molecule has 0 bridgehead atoms. The van der Waals surface area contributed by atoms with Gasteiger partial charge in [0.1, 0.15) is 5.76 Å². The molecule has 3 rings (SSSR count). The van der Waals surface area contributed by atoms with Gasteiger partial charge in [0.05, 0.1) is 19.5 Å². The fourth-order valence-electron chi connectivity index (χ4n) is 3.45. The van der Waals surface area contributed by atoms with Crippen molar-refractivity contribution in [3.63, 3.8) is 0 Å². The van der Waals surface area contributed by atoms with Crippen molar-refractivity contribution in [3.05, 3.63) is 42.4 Å². The highest BCUT2D eigenvalue weighted by Gasteiger charge is 2.11. The van der Waals surface area contributed by atoms with Crippen LogP contribution in [0.2, 0.25) is 0 Å². The van der Waals surface area contributed by atoms with E-state index in [0.29, 0.717) is 13.2 Å². The maximum Gasteiger partial charge on any atom is 0.195 e. The highest BCUT2D eigenvalue weighted by molar-refractivity contribution is 14.0.